The Morgan fingerprint density at radius 3 is 2.55 bits per heavy atom. The quantitative estimate of drug-likeness (QED) is 0.775. The van der Waals surface area contributed by atoms with Crippen molar-refractivity contribution >= 4 is 41.8 Å². The molecular formula is C14H21Cl2FN4O. The molecule has 1 heterocycles. The first-order chi connectivity index (χ1) is 9.55. The molecule has 0 atom stereocenters. The summed E-state index contributed by atoms with van der Waals surface area (Å²) >= 11 is 0. The van der Waals surface area contributed by atoms with Gasteiger partial charge in [-0.15, -0.1) is 24.8 Å². The lowest BCUT2D eigenvalue weighted by Crippen LogP contribution is -2.52. The average Bonchev–Trinajstić information content (AvgIpc) is 2.91. The van der Waals surface area contributed by atoms with Crippen LogP contribution in [-0.4, -0.2) is 28.0 Å². The first-order valence-corrected chi connectivity index (χ1v) is 6.70. The second kappa shape index (κ2) is 8.31. The zero-order chi connectivity index (χ0) is 14.8. The summed E-state index contributed by atoms with van der Waals surface area (Å²) in [6.45, 7) is 4.27. The first kappa shape index (κ1) is 20.6. The van der Waals surface area contributed by atoms with Gasteiger partial charge in [0.2, 0.25) is 0 Å². The minimum Gasteiger partial charge on any atom is -0.345 e. The van der Waals surface area contributed by atoms with Crippen molar-refractivity contribution in [3.05, 3.63) is 29.8 Å². The molecule has 0 aliphatic carbocycles. The molecule has 0 saturated heterocycles. The molecule has 0 bridgehead atoms. The van der Waals surface area contributed by atoms with E-state index < -0.39 is 11.4 Å². The van der Waals surface area contributed by atoms with E-state index in [0.29, 0.717) is 30.4 Å². The molecule has 0 spiro atoms. The topological polar surface area (TPSA) is 83.8 Å². The van der Waals surface area contributed by atoms with Crippen LogP contribution in [0.5, 0.6) is 0 Å². The van der Waals surface area contributed by atoms with Crippen molar-refractivity contribution in [2.75, 3.05) is 6.54 Å². The maximum Gasteiger partial charge on any atom is 0.254 e. The van der Waals surface area contributed by atoms with Crippen LogP contribution in [-0.2, 0) is 0 Å². The second-order valence-electron chi connectivity index (χ2n) is 4.90. The maximum atomic E-state index is 13.6. The SMILES string of the molecule is CCC(CC)(CN)NC(=O)c1cc(F)cc2[nH]cnc12.Cl.Cl. The van der Waals surface area contributed by atoms with Gasteiger partial charge in [-0.25, -0.2) is 9.37 Å². The highest BCUT2D eigenvalue weighted by Gasteiger charge is 2.28. The number of hydrogen-bond acceptors (Lipinski definition) is 3. The molecule has 0 radical (unpaired) electrons. The normalized spacial score (nSPS) is 10.7. The number of aromatic amines is 1. The fourth-order valence-corrected chi connectivity index (χ4v) is 2.26. The van der Waals surface area contributed by atoms with Gasteiger partial charge >= 0.3 is 0 Å². The number of carbonyl (C=O) groups excluding carboxylic acids is 1. The number of amides is 1. The summed E-state index contributed by atoms with van der Waals surface area (Å²) in [7, 11) is 0. The lowest BCUT2D eigenvalue weighted by atomic mass is 9.92. The molecule has 4 N–H and O–H groups in total. The fourth-order valence-electron chi connectivity index (χ4n) is 2.26. The molecule has 124 valence electrons. The summed E-state index contributed by atoms with van der Waals surface area (Å²) in [5, 5.41) is 2.92. The van der Waals surface area contributed by atoms with Crippen LogP contribution in [0.3, 0.4) is 0 Å². The summed E-state index contributed by atoms with van der Waals surface area (Å²) in [5.74, 6) is -0.825. The zero-order valence-corrected chi connectivity index (χ0v) is 14.1. The molecule has 5 nitrogen and oxygen atoms in total. The summed E-state index contributed by atoms with van der Waals surface area (Å²) in [4.78, 5) is 19.3. The average molecular weight is 351 g/mol. The third kappa shape index (κ3) is 3.88. The molecule has 0 unspecified atom stereocenters. The summed E-state index contributed by atoms with van der Waals surface area (Å²) in [6, 6.07) is 2.51. The number of hydrogen-bond donors (Lipinski definition) is 3. The van der Waals surface area contributed by atoms with Crippen molar-refractivity contribution in [3.63, 3.8) is 0 Å². The number of aromatic nitrogens is 2. The summed E-state index contributed by atoms with van der Waals surface area (Å²) in [6.07, 6.45) is 2.87. The largest absolute Gasteiger partial charge is 0.345 e. The Labute approximate surface area is 141 Å². The van der Waals surface area contributed by atoms with Crippen LogP contribution < -0.4 is 11.1 Å². The number of nitrogens with zero attached hydrogens (tertiary/aromatic N) is 1. The standard InChI is InChI=1S/C14H19FN4O.2ClH/c1-3-14(4-2,7-16)19-13(20)10-5-9(15)6-11-12(10)18-8-17-11;;/h5-6,8H,3-4,7,16H2,1-2H3,(H,17,18)(H,19,20);2*1H. The number of H-pyrrole nitrogens is 1. The monoisotopic (exact) mass is 350 g/mol. The van der Waals surface area contributed by atoms with E-state index in [9.17, 15) is 9.18 Å². The van der Waals surface area contributed by atoms with E-state index in [1.165, 1.54) is 18.5 Å². The predicted molar refractivity (Wildman–Crippen MR) is 90.4 cm³/mol. The molecule has 1 aromatic heterocycles. The van der Waals surface area contributed by atoms with Gasteiger partial charge in [0.25, 0.3) is 5.91 Å². The van der Waals surface area contributed by atoms with Crippen LogP contribution in [0, 0.1) is 5.82 Å². The first-order valence-electron chi connectivity index (χ1n) is 6.70. The van der Waals surface area contributed by atoms with E-state index in [2.05, 4.69) is 15.3 Å². The molecule has 1 amide bonds. The molecule has 0 aliphatic heterocycles. The molecule has 8 heteroatoms. The Morgan fingerprint density at radius 2 is 2.00 bits per heavy atom. The molecule has 0 fully saturated rings. The van der Waals surface area contributed by atoms with Gasteiger partial charge < -0.3 is 16.0 Å². The van der Waals surface area contributed by atoms with Crippen molar-refractivity contribution in [2.45, 2.75) is 32.2 Å². The van der Waals surface area contributed by atoms with E-state index in [0.717, 1.165) is 0 Å². The molecular weight excluding hydrogens is 330 g/mol. The van der Waals surface area contributed by atoms with Crippen LogP contribution in [0.15, 0.2) is 18.5 Å². The van der Waals surface area contributed by atoms with Gasteiger partial charge in [-0.05, 0) is 25.0 Å². The number of halogens is 3. The van der Waals surface area contributed by atoms with Gasteiger partial charge in [0.15, 0.2) is 0 Å². The third-order valence-electron chi connectivity index (χ3n) is 3.86. The van der Waals surface area contributed by atoms with Crippen LogP contribution in [0.25, 0.3) is 11.0 Å². The van der Waals surface area contributed by atoms with Crippen LogP contribution in [0.2, 0.25) is 0 Å². The van der Waals surface area contributed by atoms with E-state index >= 15 is 0 Å². The zero-order valence-electron chi connectivity index (χ0n) is 12.5. The van der Waals surface area contributed by atoms with Gasteiger partial charge in [-0.2, -0.15) is 0 Å². The number of nitrogens with two attached hydrogens (primary N) is 1. The molecule has 0 aliphatic rings. The molecule has 0 saturated carbocycles. The number of nitrogens with one attached hydrogen (secondary N) is 2. The molecule has 22 heavy (non-hydrogen) atoms. The maximum absolute atomic E-state index is 13.6. The number of carbonyl (C=O) groups is 1. The predicted octanol–water partition coefficient (Wildman–Crippen LogP) is 2.79. The highest BCUT2D eigenvalue weighted by molar-refractivity contribution is 6.05. The molecule has 2 rings (SSSR count). The Balaban J connectivity index is 0.00000220. The van der Waals surface area contributed by atoms with E-state index in [1.807, 2.05) is 13.8 Å². The fraction of sp³-hybridized carbons (Fsp3) is 0.429. The van der Waals surface area contributed by atoms with Gasteiger partial charge in [0.1, 0.15) is 11.3 Å². The highest BCUT2D eigenvalue weighted by Crippen LogP contribution is 2.20. The number of benzene rings is 1. The summed E-state index contributed by atoms with van der Waals surface area (Å²) in [5.41, 5.74) is 6.49. The Morgan fingerprint density at radius 1 is 1.36 bits per heavy atom. The van der Waals surface area contributed by atoms with Crippen LogP contribution in [0.1, 0.15) is 37.0 Å². The van der Waals surface area contributed by atoms with Gasteiger partial charge in [0.05, 0.1) is 22.9 Å². The Hall–Kier alpha value is -1.37. The van der Waals surface area contributed by atoms with Crippen LogP contribution >= 0.6 is 24.8 Å². The number of imidazole rings is 1. The van der Waals surface area contributed by atoms with Crippen LogP contribution in [0.4, 0.5) is 4.39 Å². The van der Waals surface area contributed by atoms with Crippen molar-refractivity contribution < 1.29 is 9.18 Å². The van der Waals surface area contributed by atoms with Crippen molar-refractivity contribution in [1.82, 2.24) is 15.3 Å². The Bertz CT molecular complexity index is 620. The van der Waals surface area contributed by atoms with Crippen molar-refractivity contribution in [2.24, 2.45) is 5.73 Å². The van der Waals surface area contributed by atoms with E-state index in [-0.39, 0.29) is 36.3 Å². The lowest BCUT2D eigenvalue weighted by molar-refractivity contribution is 0.0896. The third-order valence-corrected chi connectivity index (χ3v) is 3.86. The Kier molecular flexibility index (Phi) is 7.79. The molecule has 2 aromatic rings. The highest BCUT2D eigenvalue weighted by atomic mass is 35.5. The van der Waals surface area contributed by atoms with Gasteiger partial charge in [0, 0.05) is 6.54 Å². The number of fused-ring (bicyclic) bond motifs is 1. The molecule has 1 aromatic carbocycles. The van der Waals surface area contributed by atoms with Gasteiger partial charge in [-0.1, -0.05) is 13.8 Å². The van der Waals surface area contributed by atoms with Crippen molar-refractivity contribution in [3.8, 4) is 0 Å². The number of rotatable bonds is 5. The second-order valence-corrected chi connectivity index (χ2v) is 4.90. The minimum absolute atomic E-state index is 0. The van der Waals surface area contributed by atoms with E-state index in [4.69, 9.17) is 5.73 Å². The van der Waals surface area contributed by atoms with E-state index in [1.54, 1.807) is 0 Å². The smallest absolute Gasteiger partial charge is 0.254 e. The summed E-state index contributed by atoms with van der Waals surface area (Å²) < 4.78 is 13.6. The minimum atomic E-state index is -0.474. The van der Waals surface area contributed by atoms with Gasteiger partial charge in [-0.3, -0.25) is 4.79 Å². The lowest BCUT2D eigenvalue weighted by Gasteiger charge is -2.31. The van der Waals surface area contributed by atoms with Crippen molar-refractivity contribution in [1.29, 1.82) is 0 Å².